The van der Waals surface area contributed by atoms with Crippen molar-refractivity contribution in [3.8, 4) is 5.75 Å². The van der Waals surface area contributed by atoms with Crippen molar-refractivity contribution < 1.29 is 14.3 Å². The highest BCUT2D eigenvalue weighted by atomic mass is 16.5. The van der Waals surface area contributed by atoms with Crippen molar-refractivity contribution in [2.75, 3.05) is 38.5 Å². The summed E-state index contributed by atoms with van der Waals surface area (Å²) in [5.41, 5.74) is 2.50. The Bertz CT molecular complexity index is 854. The molecule has 3 rings (SSSR count). The van der Waals surface area contributed by atoms with Crippen LogP contribution in [0, 0.1) is 0 Å². The number of anilines is 1. The number of likely N-dealkylation sites (N-methyl/N-ethyl adjacent to an activating group) is 1. The van der Waals surface area contributed by atoms with Gasteiger partial charge in [0.2, 0.25) is 0 Å². The predicted molar refractivity (Wildman–Crippen MR) is 119 cm³/mol. The van der Waals surface area contributed by atoms with Gasteiger partial charge in [-0.2, -0.15) is 0 Å². The van der Waals surface area contributed by atoms with E-state index in [1.807, 2.05) is 29.2 Å². The molecular formula is C24H31N3O3. The molecule has 1 heterocycles. The van der Waals surface area contributed by atoms with Gasteiger partial charge >= 0.3 is 0 Å². The number of ether oxygens (including phenoxy) is 1. The lowest BCUT2D eigenvalue weighted by Gasteiger charge is -2.32. The van der Waals surface area contributed by atoms with Crippen molar-refractivity contribution in [2.45, 2.75) is 32.8 Å². The number of hydrogen-bond acceptors (Lipinski definition) is 4. The van der Waals surface area contributed by atoms with Gasteiger partial charge in [0, 0.05) is 37.4 Å². The van der Waals surface area contributed by atoms with Crippen molar-refractivity contribution in [3.05, 3.63) is 59.7 Å². The Kier molecular flexibility index (Phi) is 7.11. The first-order chi connectivity index (χ1) is 14.3. The Morgan fingerprint density at radius 1 is 0.900 bits per heavy atom. The van der Waals surface area contributed by atoms with Gasteiger partial charge < -0.3 is 19.9 Å². The van der Waals surface area contributed by atoms with Crippen LogP contribution >= 0.6 is 0 Å². The molecule has 1 fully saturated rings. The Labute approximate surface area is 178 Å². The summed E-state index contributed by atoms with van der Waals surface area (Å²) >= 11 is 0. The highest BCUT2D eigenvalue weighted by Gasteiger charge is 2.20. The largest absolute Gasteiger partial charge is 0.481 e. The van der Waals surface area contributed by atoms with Crippen molar-refractivity contribution >= 4 is 17.5 Å². The fourth-order valence-corrected chi connectivity index (χ4v) is 3.32. The topological polar surface area (TPSA) is 61.9 Å². The van der Waals surface area contributed by atoms with E-state index in [9.17, 15) is 9.59 Å². The number of carbonyl (C=O) groups is 2. The van der Waals surface area contributed by atoms with Gasteiger partial charge in [0.05, 0.1) is 0 Å². The summed E-state index contributed by atoms with van der Waals surface area (Å²) in [6.45, 7) is 9.24. The standard InChI is InChI=1S/C24H31N3O3/c1-17(2)19-7-11-22(12-8-19)30-18(3)23(28)25-21-9-5-20(6-10-21)24(29)27-15-13-26(4)14-16-27/h5-12,17-18H,13-16H2,1-4H3,(H,25,28). The number of piperazine rings is 1. The smallest absolute Gasteiger partial charge is 0.265 e. The van der Waals surface area contributed by atoms with E-state index < -0.39 is 6.10 Å². The molecule has 0 aliphatic carbocycles. The Morgan fingerprint density at radius 2 is 1.50 bits per heavy atom. The molecule has 1 N–H and O–H groups in total. The van der Waals surface area contributed by atoms with E-state index in [0.717, 1.165) is 26.2 Å². The maximum Gasteiger partial charge on any atom is 0.265 e. The monoisotopic (exact) mass is 409 g/mol. The minimum atomic E-state index is -0.637. The van der Waals surface area contributed by atoms with E-state index in [-0.39, 0.29) is 11.8 Å². The second-order valence-corrected chi connectivity index (χ2v) is 8.15. The number of nitrogens with zero attached hydrogens (tertiary/aromatic N) is 2. The minimum absolute atomic E-state index is 0.0301. The third-order valence-corrected chi connectivity index (χ3v) is 5.42. The Hall–Kier alpha value is -2.86. The zero-order valence-corrected chi connectivity index (χ0v) is 18.2. The molecule has 6 nitrogen and oxygen atoms in total. The van der Waals surface area contributed by atoms with Crippen LogP contribution in [-0.2, 0) is 4.79 Å². The van der Waals surface area contributed by atoms with E-state index in [1.54, 1.807) is 31.2 Å². The number of benzene rings is 2. The molecule has 0 radical (unpaired) electrons. The van der Waals surface area contributed by atoms with Crippen LogP contribution in [0.5, 0.6) is 5.75 Å². The number of hydrogen-bond donors (Lipinski definition) is 1. The number of carbonyl (C=O) groups excluding carboxylic acids is 2. The molecule has 6 heteroatoms. The molecule has 1 saturated heterocycles. The highest BCUT2D eigenvalue weighted by Crippen LogP contribution is 2.20. The molecule has 2 aromatic carbocycles. The van der Waals surface area contributed by atoms with Crippen molar-refractivity contribution in [1.29, 1.82) is 0 Å². The molecule has 0 spiro atoms. The summed E-state index contributed by atoms with van der Waals surface area (Å²) in [5, 5.41) is 2.85. The average molecular weight is 410 g/mol. The van der Waals surface area contributed by atoms with E-state index >= 15 is 0 Å². The SMILES string of the molecule is CC(Oc1ccc(C(C)C)cc1)C(=O)Nc1ccc(C(=O)N2CCN(C)CC2)cc1. The van der Waals surface area contributed by atoms with Crippen LogP contribution in [0.4, 0.5) is 5.69 Å². The summed E-state index contributed by atoms with van der Waals surface area (Å²) in [6, 6.07) is 14.8. The van der Waals surface area contributed by atoms with Crippen LogP contribution in [0.2, 0.25) is 0 Å². The van der Waals surface area contributed by atoms with Gasteiger partial charge in [0.1, 0.15) is 5.75 Å². The van der Waals surface area contributed by atoms with Gasteiger partial charge in [-0.3, -0.25) is 9.59 Å². The van der Waals surface area contributed by atoms with E-state index in [4.69, 9.17) is 4.74 Å². The molecule has 30 heavy (non-hydrogen) atoms. The number of amides is 2. The first-order valence-corrected chi connectivity index (χ1v) is 10.5. The first kappa shape index (κ1) is 21.8. The second-order valence-electron chi connectivity index (χ2n) is 8.15. The first-order valence-electron chi connectivity index (χ1n) is 10.5. The molecule has 0 saturated carbocycles. The van der Waals surface area contributed by atoms with Crippen molar-refractivity contribution in [3.63, 3.8) is 0 Å². The maximum absolute atomic E-state index is 12.6. The van der Waals surface area contributed by atoms with Gasteiger partial charge in [0.25, 0.3) is 11.8 Å². The Balaban J connectivity index is 1.54. The molecule has 2 amide bonds. The van der Waals surface area contributed by atoms with Crippen LogP contribution in [0.25, 0.3) is 0 Å². The highest BCUT2D eigenvalue weighted by molar-refractivity contribution is 5.97. The minimum Gasteiger partial charge on any atom is -0.481 e. The Morgan fingerprint density at radius 3 is 2.07 bits per heavy atom. The predicted octanol–water partition coefficient (Wildman–Crippen LogP) is 3.60. The molecule has 1 aliphatic heterocycles. The molecule has 2 aromatic rings. The van der Waals surface area contributed by atoms with Gasteiger partial charge in [-0.05, 0) is 61.9 Å². The molecule has 0 bridgehead atoms. The lowest BCUT2D eigenvalue weighted by molar-refractivity contribution is -0.122. The average Bonchev–Trinajstić information content (AvgIpc) is 2.74. The lowest BCUT2D eigenvalue weighted by atomic mass is 10.0. The molecule has 1 unspecified atom stereocenters. The van der Waals surface area contributed by atoms with E-state index in [1.165, 1.54) is 5.56 Å². The zero-order valence-electron chi connectivity index (χ0n) is 18.2. The summed E-state index contributed by atoms with van der Waals surface area (Å²) in [4.78, 5) is 29.2. The van der Waals surface area contributed by atoms with E-state index in [2.05, 4.69) is 31.1 Å². The normalized spacial score (nSPS) is 15.7. The van der Waals surface area contributed by atoms with Gasteiger partial charge in [-0.1, -0.05) is 26.0 Å². The fraction of sp³-hybridized carbons (Fsp3) is 0.417. The van der Waals surface area contributed by atoms with Crippen LogP contribution in [-0.4, -0.2) is 60.9 Å². The maximum atomic E-state index is 12.6. The van der Waals surface area contributed by atoms with Crippen LogP contribution in [0.3, 0.4) is 0 Å². The molecule has 1 aliphatic rings. The quantitative estimate of drug-likeness (QED) is 0.792. The third-order valence-electron chi connectivity index (χ3n) is 5.42. The zero-order chi connectivity index (χ0) is 21.7. The fourth-order valence-electron chi connectivity index (χ4n) is 3.32. The lowest BCUT2D eigenvalue weighted by Crippen LogP contribution is -2.47. The molecule has 0 aromatic heterocycles. The van der Waals surface area contributed by atoms with Gasteiger partial charge in [-0.25, -0.2) is 0 Å². The van der Waals surface area contributed by atoms with Gasteiger partial charge in [-0.15, -0.1) is 0 Å². The van der Waals surface area contributed by atoms with Gasteiger partial charge in [0.15, 0.2) is 6.10 Å². The number of rotatable bonds is 6. The second kappa shape index (κ2) is 9.76. The molecule has 160 valence electrons. The summed E-state index contributed by atoms with van der Waals surface area (Å²) in [5.74, 6) is 0.907. The van der Waals surface area contributed by atoms with Crippen molar-refractivity contribution in [2.24, 2.45) is 0 Å². The van der Waals surface area contributed by atoms with E-state index in [0.29, 0.717) is 22.9 Å². The number of nitrogens with one attached hydrogen (secondary N) is 1. The molecule has 1 atom stereocenters. The summed E-state index contributed by atoms with van der Waals surface area (Å²) in [7, 11) is 2.06. The van der Waals surface area contributed by atoms with Crippen LogP contribution < -0.4 is 10.1 Å². The summed E-state index contributed by atoms with van der Waals surface area (Å²) < 4.78 is 5.76. The molecular weight excluding hydrogens is 378 g/mol. The van der Waals surface area contributed by atoms with Crippen LogP contribution in [0.15, 0.2) is 48.5 Å². The summed E-state index contributed by atoms with van der Waals surface area (Å²) in [6.07, 6.45) is -0.637. The van der Waals surface area contributed by atoms with Crippen molar-refractivity contribution in [1.82, 2.24) is 9.80 Å². The van der Waals surface area contributed by atoms with Crippen LogP contribution in [0.1, 0.15) is 42.6 Å². The third kappa shape index (κ3) is 5.60.